The van der Waals surface area contributed by atoms with Gasteiger partial charge >= 0.3 is 0 Å². The van der Waals surface area contributed by atoms with E-state index in [9.17, 15) is 16.8 Å². The first-order valence-electron chi connectivity index (χ1n) is 10.0. The van der Waals surface area contributed by atoms with Gasteiger partial charge in [-0.15, -0.1) is 0 Å². The van der Waals surface area contributed by atoms with Gasteiger partial charge in [0.2, 0.25) is 0 Å². The van der Waals surface area contributed by atoms with Crippen molar-refractivity contribution in [2.45, 2.75) is 12.3 Å². The molecule has 0 amide bonds. The molecule has 0 radical (unpaired) electrons. The first kappa shape index (κ1) is 27.6. The van der Waals surface area contributed by atoms with Crippen molar-refractivity contribution >= 4 is 20.2 Å². The van der Waals surface area contributed by atoms with E-state index >= 15 is 0 Å². The Morgan fingerprint density at radius 3 is 1.67 bits per heavy atom. The second kappa shape index (κ2) is 13.2. The van der Waals surface area contributed by atoms with Crippen molar-refractivity contribution in [3.63, 3.8) is 0 Å². The van der Waals surface area contributed by atoms with Crippen molar-refractivity contribution in [1.82, 2.24) is 19.6 Å². The number of aliphatic hydroxyl groups is 2. The van der Waals surface area contributed by atoms with Gasteiger partial charge in [0.05, 0.1) is 19.0 Å². The molecule has 14 heteroatoms. The van der Waals surface area contributed by atoms with E-state index in [0.717, 1.165) is 32.7 Å². The van der Waals surface area contributed by atoms with Crippen LogP contribution in [0.25, 0.3) is 0 Å². The van der Waals surface area contributed by atoms with E-state index in [1.807, 2.05) is 16.7 Å². The first-order valence-corrected chi connectivity index (χ1v) is 13.2. The SMILES string of the molecule is CCN1CCN(CCO)CC1S(=O)(=O)O.O=S(=O)(O)CCN1CCN(CCO)CC1. The zero-order valence-corrected chi connectivity index (χ0v) is 19.1. The van der Waals surface area contributed by atoms with Crippen molar-refractivity contribution in [2.75, 3.05) is 91.0 Å². The largest absolute Gasteiger partial charge is 0.395 e. The Balaban J connectivity index is 0.000000300. The fourth-order valence-corrected chi connectivity index (χ4v) is 4.97. The molecule has 0 bridgehead atoms. The maximum atomic E-state index is 11.1. The van der Waals surface area contributed by atoms with Crippen molar-refractivity contribution in [3.8, 4) is 0 Å². The maximum Gasteiger partial charge on any atom is 0.282 e. The zero-order chi connectivity index (χ0) is 22.8. The van der Waals surface area contributed by atoms with Crippen LogP contribution in [0.3, 0.4) is 0 Å². The summed E-state index contributed by atoms with van der Waals surface area (Å²) in [4.78, 5) is 7.69. The second-order valence-electron chi connectivity index (χ2n) is 7.32. The van der Waals surface area contributed by atoms with Crippen LogP contribution in [-0.2, 0) is 20.2 Å². The third-order valence-electron chi connectivity index (χ3n) is 5.24. The molecule has 2 rings (SSSR count). The number of hydrogen-bond acceptors (Lipinski definition) is 10. The highest BCUT2D eigenvalue weighted by Crippen LogP contribution is 2.13. The average molecular weight is 477 g/mol. The fraction of sp³-hybridized carbons (Fsp3) is 1.00. The molecule has 2 heterocycles. The van der Waals surface area contributed by atoms with Gasteiger partial charge < -0.3 is 10.2 Å². The van der Waals surface area contributed by atoms with E-state index in [2.05, 4.69) is 4.90 Å². The predicted molar refractivity (Wildman–Crippen MR) is 112 cm³/mol. The lowest BCUT2D eigenvalue weighted by Gasteiger charge is -2.38. The van der Waals surface area contributed by atoms with Crippen LogP contribution in [0.1, 0.15) is 6.92 Å². The smallest absolute Gasteiger partial charge is 0.282 e. The molecule has 180 valence electrons. The van der Waals surface area contributed by atoms with E-state index in [-0.39, 0.29) is 25.5 Å². The van der Waals surface area contributed by atoms with Gasteiger partial charge in [-0.2, -0.15) is 16.8 Å². The molecule has 0 aromatic rings. The highest BCUT2D eigenvalue weighted by Gasteiger charge is 2.34. The van der Waals surface area contributed by atoms with Crippen LogP contribution >= 0.6 is 0 Å². The maximum absolute atomic E-state index is 11.1. The summed E-state index contributed by atoms with van der Waals surface area (Å²) in [5, 5.41) is 16.6. The third-order valence-corrected chi connectivity index (χ3v) is 7.07. The van der Waals surface area contributed by atoms with Crippen molar-refractivity contribution in [3.05, 3.63) is 0 Å². The highest BCUT2D eigenvalue weighted by molar-refractivity contribution is 7.86. The van der Waals surface area contributed by atoms with E-state index in [0.29, 0.717) is 32.7 Å². The summed E-state index contributed by atoms with van der Waals surface area (Å²) in [6, 6.07) is 0. The molecule has 2 aliphatic rings. The molecular weight excluding hydrogens is 440 g/mol. The molecule has 30 heavy (non-hydrogen) atoms. The van der Waals surface area contributed by atoms with Crippen LogP contribution < -0.4 is 0 Å². The quantitative estimate of drug-likeness (QED) is 0.255. The van der Waals surface area contributed by atoms with Crippen molar-refractivity contribution < 1.29 is 36.2 Å². The summed E-state index contributed by atoms with van der Waals surface area (Å²) in [6.07, 6.45) is 0. The molecule has 0 aromatic carbocycles. The van der Waals surface area contributed by atoms with Crippen molar-refractivity contribution in [1.29, 1.82) is 0 Å². The van der Waals surface area contributed by atoms with Crippen LogP contribution in [0.4, 0.5) is 0 Å². The number of hydrogen-bond donors (Lipinski definition) is 4. The molecule has 1 atom stereocenters. The van der Waals surface area contributed by atoms with Crippen molar-refractivity contribution in [2.24, 2.45) is 0 Å². The van der Waals surface area contributed by atoms with E-state index in [1.165, 1.54) is 0 Å². The lowest BCUT2D eigenvalue weighted by atomic mass is 10.3. The minimum Gasteiger partial charge on any atom is -0.395 e. The van der Waals surface area contributed by atoms with Gasteiger partial charge in [0.1, 0.15) is 0 Å². The molecule has 0 aliphatic carbocycles. The minimum atomic E-state index is -4.04. The summed E-state index contributed by atoms with van der Waals surface area (Å²) < 4.78 is 61.0. The molecule has 1 unspecified atom stereocenters. The predicted octanol–water partition coefficient (Wildman–Crippen LogP) is -2.69. The third kappa shape index (κ3) is 10.7. The number of aliphatic hydroxyl groups excluding tert-OH is 2. The van der Waals surface area contributed by atoms with E-state index < -0.39 is 25.6 Å². The minimum absolute atomic E-state index is 0.00429. The average Bonchev–Trinajstić information content (AvgIpc) is 2.67. The van der Waals surface area contributed by atoms with E-state index in [1.54, 1.807) is 4.90 Å². The molecule has 4 N–H and O–H groups in total. The summed E-state index contributed by atoms with van der Waals surface area (Å²) in [5.74, 6) is -0.201. The van der Waals surface area contributed by atoms with Gasteiger partial charge in [0.15, 0.2) is 5.37 Å². The number of likely N-dealkylation sites (N-methyl/N-ethyl adjacent to an activating group) is 1. The highest BCUT2D eigenvalue weighted by atomic mass is 32.2. The number of β-amino-alcohol motifs (C(OH)–C–C–N with tert-alkyl or cyclic N) is 2. The number of piperazine rings is 2. The number of rotatable bonds is 9. The van der Waals surface area contributed by atoms with Gasteiger partial charge in [-0.1, -0.05) is 6.92 Å². The summed E-state index contributed by atoms with van der Waals surface area (Å²) >= 11 is 0. The lowest BCUT2D eigenvalue weighted by Crippen LogP contribution is -2.56. The van der Waals surface area contributed by atoms with Gasteiger partial charge in [-0.3, -0.25) is 28.7 Å². The number of nitrogens with zero attached hydrogens (tertiary/aromatic N) is 4. The van der Waals surface area contributed by atoms with Gasteiger partial charge in [-0.25, -0.2) is 0 Å². The monoisotopic (exact) mass is 476 g/mol. The summed E-state index contributed by atoms with van der Waals surface area (Å²) in [7, 11) is -7.88. The van der Waals surface area contributed by atoms with Crippen LogP contribution in [-0.4, -0.2) is 152 Å². The Hall–Kier alpha value is -0.420. The standard InChI is InChI=1S/2C8H18N2O4S/c11-7-5-9-1-3-10(4-2-9)6-8-15(12,13)14;1-2-10-4-3-9(5-6-11)7-8(10)15(12,13)14/h11H,1-8H2,(H,12,13,14);8,11H,2-7H2,1H3,(H,12,13,14). The second-order valence-corrected chi connectivity index (χ2v) is 10.5. The first-order chi connectivity index (χ1) is 14.0. The van der Waals surface area contributed by atoms with E-state index in [4.69, 9.17) is 19.3 Å². The fourth-order valence-electron chi connectivity index (χ4n) is 3.45. The normalized spacial score (nSPS) is 23.2. The van der Waals surface area contributed by atoms with Gasteiger partial charge in [-0.05, 0) is 6.54 Å². The molecule has 2 aliphatic heterocycles. The van der Waals surface area contributed by atoms with Crippen LogP contribution in [0, 0.1) is 0 Å². The Labute approximate surface area is 179 Å². The topological polar surface area (TPSA) is 162 Å². The summed E-state index contributed by atoms with van der Waals surface area (Å²) in [5.41, 5.74) is 0. The lowest BCUT2D eigenvalue weighted by molar-refractivity contribution is 0.0952. The van der Waals surface area contributed by atoms with Crippen LogP contribution in [0.5, 0.6) is 0 Å². The molecule has 12 nitrogen and oxygen atoms in total. The van der Waals surface area contributed by atoms with Gasteiger partial charge in [0.25, 0.3) is 20.2 Å². The molecule has 0 aromatic heterocycles. The molecule has 0 spiro atoms. The van der Waals surface area contributed by atoms with Crippen LogP contribution in [0.15, 0.2) is 0 Å². The zero-order valence-electron chi connectivity index (χ0n) is 17.5. The molecule has 0 saturated carbocycles. The van der Waals surface area contributed by atoms with Gasteiger partial charge in [0, 0.05) is 65.4 Å². The Bertz CT molecular complexity index is 683. The summed E-state index contributed by atoms with van der Waals surface area (Å²) in [6.45, 7) is 8.95. The molecule has 2 fully saturated rings. The Morgan fingerprint density at radius 1 is 0.767 bits per heavy atom. The molecular formula is C16H36N4O8S2. The molecule has 2 saturated heterocycles. The van der Waals surface area contributed by atoms with Crippen LogP contribution in [0.2, 0.25) is 0 Å². The Kier molecular flexibility index (Phi) is 12.2. The Morgan fingerprint density at radius 2 is 1.23 bits per heavy atom.